The molecule has 7 nitrogen and oxygen atoms in total. The number of hydrogen-bond acceptors (Lipinski definition) is 6. The molecule has 1 amide bonds. The third-order valence-electron chi connectivity index (χ3n) is 3.51. The SMILES string of the molecule is Cc1ccc(-c2nnc(NC(=O)Cc3ccccc3[N+](=O)[O-])s2)cc1. The molecule has 0 saturated heterocycles. The lowest BCUT2D eigenvalue weighted by Gasteiger charge is -2.02. The van der Waals surface area contributed by atoms with Crippen molar-refractivity contribution in [2.45, 2.75) is 13.3 Å². The van der Waals surface area contributed by atoms with Crippen LogP contribution >= 0.6 is 11.3 Å². The van der Waals surface area contributed by atoms with Crippen molar-refractivity contribution in [3.05, 3.63) is 69.8 Å². The maximum Gasteiger partial charge on any atom is 0.273 e. The predicted molar refractivity (Wildman–Crippen MR) is 95.5 cm³/mol. The van der Waals surface area contributed by atoms with Crippen molar-refractivity contribution in [3.63, 3.8) is 0 Å². The molecule has 1 aromatic heterocycles. The van der Waals surface area contributed by atoms with Gasteiger partial charge in [-0.25, -0.2) is 0 Å². The van der Waals surface area contributed by atoms with E-state index in [-0.39, 0.29) is 18.0 Å². The summed E-state index contributed by atoms with van der Waals surface area (Å²) in [5.41, 5.74) is 2.34. The Balaban J connectivity index is 1.70. The van der Waals surface area contributed by atoms with Gasteiger partial charge in [0.25, 0.3) is 5.69 Å². The summed E-state index contributed by atoms with van der Waals surface area (Å²) in [4.78, 5) is 22.7. The molecule has 0 bridgehead atoms. The molecule has 0 radical (unpaired) electrons. The first-order valence-electron chi connectivity index (χ1n) is 7.45. The van der Waals surface area contributed by atoms with E-state index in [1.54, 1.807) is 18.2 Å². The van der Waals surface area contributed by atoms with Gasteiger partial charge in [0.1, 0.15) is 5.01 Å². The van der Waals surface area contributed by atoms with Gasteiger partial charge in [-0.15, -0.1) is 10.2 Å². The maximum absolute atomic E-state index is 12.2. The number of carbonyl (C=O) groups is 1. The number of aryl methyl sites for hydroxylation is 1. The molecule has 0 unspecified atom stereocenters. The van der Waals surface area contributed by atoms with E-state index < -0.39 is 4.92 Å². The molecule has 3 aromatic rings. The average Bonchev–Trinajstić information content (AvgIpc) is 3.04. The lowest BCUT2D eigenvalue weighted by Crippen LogP contribution is -2.15. The van der Waals surface area contributed by atoms with Crippen molar-refractivity contribution >= 4 is 28.1 Å². The summed E-state index contributed by atoms with van der Waals surface area (Å²) in [5.74, 6) is -0.374. The van der Waals surface area contributed by atoms with Crippen molar-refractivity contribution in [2.75, 3.05) is 5.32 Å². The highest BCUT2D eigenvalue weighted by Gasteiger charge is 2.16. The van der Waals surface area contributed by atoms with Crippen molar-refractivity contribution in [1.29, 1.82) is 0 Å². The second-order valence-electron chi connectivity index (χ2n) is 5.39. The number of rotatable bonds is 5. The van der Waals surface area contributed by atoms with Crippen LogP contribution in [-0.4, -0.2) is 21.0 Å². The number of carbonyl (C=O) groups excluding carboxylic acids is 1. The predicted octanol–water partition coefficient (Wildman–Crippen LogP) is 3.60. The second kappa shape index (κ2) is 7.18. The molecule has 0 saturated carbocycles. The van der Waals surface area contributed by atoms with Crippen LogP contribution in [0.25, 0.3) is 10.6 Å². The fourth-order valence-electron chi connectivity index (χ4n) is 2.26. The number of nitrogens with zero attached hydrogens (tertiary/aromatic N) is 3. The van der Waals surface area contributed by atoms with Crippen LogP contribution in [0, 0.1) is 17.0 Å². The van der Waals surface area contributed by atoms with Crippen LogP contribution in [0.4, 0.5) is 10.8 Å². The molecule has 0 aliphatic carbocycles. The zero-order chi connectivity index (χ0) is 17.8. The first-order chi connectivity index (χ1) is 12.0. The first kappa shape index (κ1) is 16.7. The van der Waals surface area contributed by atoms with Gasteiger partial charge in [0.15, 0.2) is 0 Å². The summed E-state index contributed by atoms with van der Waals surface area (Å²) in [6.45, 7) is 2.00. The van der Waals surface area contributed by atoms with Crippen LogP contribution in [0.2, 0.25) is 0 Å². The van der Waals surface area contributed by atoms with Crippen molar-refractivity contribution in [2.24, 2.45) is 0 Å². The summed E-state index contributed by atoms with van der Waals surface area (Å²) in [5, 5.41) is 22.7. The van der Waals surface area contributed by atoms with E-state index in [0.717, 1.165) is 11.1 Å². The molecular weight excluding hydrogens is 340 g/mol. The third-order valence-corrected chi connectivity index (χ3v) is 4.40. The highest BCUT2D eigenvalue weighted by atomic mass is 32.1. The van der Waals surface area contributed by atoms with Crippen molar-refractivity contribution in [1.82, 2.24) is 10.2 Å². The Bertz CT molecular complexity index is 922. The number of para-hydroxylation sites is 1. The van der Waals surface area contributed by atoms with Gasteiger partial charge in [-0.3, -0.25) is 14.9 Å². The lowest BCUT2D eigenvalue weighted by molar-refractivity contribution is -0.385. The molecule has 2 aromatic carbocycles. The molecule has 0 aliphatic heterocycles. The average molecular weight is 354 g/mol. The largest absolute Gasteiger partial charge is 0.300 e. The Morgan fingerprint density at radius 2 is 1.88 bits per heavy atom. The van der Waals surface area contributed by atoms with Crippen molar-refractivity contribution < 1.29 is 9.72 Å². The van der Waals surface area contributed by atoms with Gasteiger partial charge in [-0.1, -0.05) is 59.4 Å². The molecule has 1 heterocycles. The number of anilines is 1. The second-order valence-corrected chi connectivity index (χ2v) is 6.37. The summed E-state index contributed by atoms with van der Waals surface area (Å²) in [6.07, 6.45) is -0.101. The Morgan fingerprint density at radius 3 is 2.60 bits per heavy atom. The topological polar surface area (TPSA) is 98.0 Å². The Hall–Kier alpha value is -3.13. The minimum absolute atomic E-state index is 0.0738. The van der Waals surface area contributed by atoms with Gasteiger partial charge in [0.05, 0.1) is 11.3 Å². The van der Waals surface area contributed by atoms with Gasteiger partial charge < -0.3 is 5.32 Å². The number of nitro groups is 1. The van der Waals surface area contributed by atoms with E-state index in [9.17, 15) is 14.9 Å². The maximum atomic E-state index is 12.2. The van der Waals surface area contributed by atoms with Crippen LogP contribution in [0.15, 0.2) is 48.5 Å². The van der Waals surface area contributed by atoms with Crippen LogP contribution in [-0.2, 0) is 11.2 Å². The first-order valence-corrected chi connectivity index (χ1v) is 8.27. The third kappa shape index (κ3) is 4.04. The van der Waals surface area contributed by atoms with Crippen LogP contribution in [0.1, 0.15) is 11.1 Å². The molecule has 0 aliphatic rings. The Morgan fingerprint density at radius 1 is 1.16 bits per heavy atom. The Labute approximate surface area is 147 Å². The minimum Gasteiger partial charge on any atom is -0.300 e. The molecule has 0 spiro atoms. The number of amides is 1. The Kier molecular flexibility index (Phi) is 4.80. The molecule has 8 heteroatoms. The van der Waals surface area contributed by atoms with Gasteiger partial charge in [-0.2, -0.15) is 0 Å². The smallest absolute Gasteiger partial charge is 0.273 e. The van der Waals surface area contributed by atoms with Gasteiger partial charge in [0, 0.05) is 17.2 Å². The highest BCUT2D eigenvalue weighted by Crippen LogP contribution is 2.27. The van der Waals surface area contributed by atoms with E-state index >= 15 is 0 Å². The summed E-state index contributed by atoms with van der Waals surface area (Å²) in [7, 11) is 0. The molecule has 0 fully saturated rings. The molecule has 0 atom stereocenters. The van der Waals surface area contributed by atoms with Crippen molar-refractivity contribution in [3.8, 4) is 10.6 Å². The zero-order valence-electron chi connectivity index (χ0n) is 13.3. The van der Waals surface area contributed by atoms with E-state index in [1.165, 1.54) is 17.4 Å². The van der Waals surface area contributed by atoms with E-state index in [4.69, 9.17) is 0 Å². The van der Waals surface area contributed by atoms with Gasteiger partial charge in [0.2, 0.25) is 11.0 Å². The highest BCUT2D eigenvalue weighted by molar-refractivity contribution is 7.18. The molecule has 25 heavy (non-hydrogen) atoms. The fourth-order valence-corrected chi connectivity index (χ4v) is 3.03. The summed E-state index contributed by atoms with van der Waals surface area (Å²) in [6, 6.07) is 14.0. The molecular formula is C17H14N4O3S. The van der Waals surface area contributed by atoms with E-state index in [0.29, 0.717) is 15.7 Å². The summed E-state index contributed by atoms with van der Waals surface area (Å²) >= 11 is 1.25. The number of benzene rings is 2. The fraction of sp³-hybridized carbons (Fsp3) is 0.118. The monoisotopic (exact) mass is 354 g/mol. The van der Waals surface area contributed by atoms with Crippen LogP contribution in [0.3, 0.4) is 0 Å². The number of hydrogen-bond donors (Lipinski definition) is 1. The lowest BCUT2D eigenvalue weighted by atomic mass is 10.1. The number of nitrogens with one attached hydrogen (secondary N) is 1. The number of aromatic nitrogens is 2. The molecule has 3 rings (SSSR count). The zero-order valence-corrected chi connectivity index (χ0v) is 14.1. The van der Waals surface area contributed by atoms with Crippen LogP contribution < -0.4 is 5.32 Å². The summed E-state index contributed by atoms with van der Waals surface area (Å²) < 4.78 is 0. The van der Waals surface area contributed by atoms with Gasteiger partial charge in [-0.05, 0) is 6.92 Å². The number of nitro benzene ring substituents is 1. The minimum atomic E-state index is -0.497. The van der Waals surface area contributed by atoms with Gasteiger partial charge >= 0.3 is 0 Å². The quantitative estimate of drug-likeness (QED) is 0.557. The molecule has 1 N–H and O–H groups in total. The van der Waals surface area contributed by atoms with E-state index in [2.05, 4.69) is 15.5 Å². The molecule has 126 valence electrons. The standard InChI is InChI=1S/C17H14N4O3S/c1-11-6-8-12(9-7-11)16-19-20-17(25-16)18-15(22)10-13-4-2-3-5-14(13)21(23)24/h2-9H,10H2,1H3,(H,18,20,22). The normalized spacial score (nSPS) is 10.4. The van der Waals surface area contributed by atoms with Crippen LogP contribution in [0.5, 0.6) is 0 Å². The van der Waals surface area contributed by atoms with E-state index in [1.807, 2.05) is 31.2 Å².